The molecule has 1 saturated heterocycles. The Morgan fingerprint density at radius 1 is 1.37 bits per heavy atom. The number of piperidine rings is 1. The van der Waals surface area contributed by atoms with Crippen molar-refractivity contribution in [2.45, 2.75) is 38.3 Å². The van der Waals surface area contributed by atoms with Gasteiger partial charge in [-0.1, -0.05) is 6.58 Å². The van der Waals surface area contributed by atoms with Gasteiger partial charge in [0.15, 0.2) is 5.13 Å². The van der Waals surface area contributed by atoms with Gasteiger partial charge in [-0.3, -0.25) is 14.5 Å². The third-order valence-corrected chi connectivity index (χ3v) is 6.46. The molecular formula is C18H22F3N3O2S. The number of fused-ring (bicyclic) bond motifs is 1. The van der Waals surface area contributed by atoms with E-state index in [9.17, 15) is 22.8 Å². The fourth-order valence-corrected chi connectivity index (χ4v) is 4.81. The summed E-state index contributed by atoms with van der Waals surface area (Å²) in [6, 6.07) is 0. The van der Waals surface area contributed by atoms with Gasteiger partial charge in [-0.15, -0.1) is 11.3 Å². The molecule has 2 aliphatic rings. The molecule has 0 saturated carbocycles. The van der Waals surface area contributed by atoms with E-state index >= 15 is 0 Å². The van der Waals surface area contributed by atoms with E-state index in [0.717, 1.165) is 17.8 Å². The lowest BCUT2D eigenvalue weighted by Gasteiger charge is -2.32. The number of anilines is 1. The molecule has 1 aromatic rings. The third-order valence-electron chi connectivity index (χ3n) is 5.27. The lowest BCUT2D eigenvalue weighted by molar-refractivity contribution is -0.176. The Bertz CT molecular complexity index is 747. The zero-order valence-corrected chi connectivity index (χ0v) is 15.9. The summed E-state index contributed by atoms with van der Waals surface area (Å²) in [6.45, 7) is 4.40. The number of carbonyl (C=O) groups is 2. The van der Waals surface area contributed by atoms with Crippen LogP contribution in [0.1, 0.15) is 29.8 Å². The second kappa shape index (κ2) is 7.61. The molecule has 2 unspecified atom stereocenters. The van der Waals surface area contributed by atoms with Crippen molar-refractivity contribution in [3.05, 3.63) is 23.2 Å². The standard InChI is InChI=1S/C18H22F3N3O2S/c1-3-15(25)24-8-4-5-11(10-24)16(26)23(2)17-22-13-7-6-12(18(19,20)21)9-14(13)27-17/h3,11-12H,1,4-10H2,2H3. The van der Waals surface area contributed by atoms with Crippen LogP contribution >= 0.6 is 11.3 Å². The summed E-state index contributed by atoms with van der Waals surface area (Å²) in [6.07, 6.45) is -1.31. The van der Waals surface area contributed by atoms with Crippen LogP contribution in [0.15, 0.2) is 12.7 Å². The van der Waals surface area contributed by atoms with Gasteiger partial charge in [0.05, 0.1) is 17.5 Å². The number of aromatic nitrogens is 1. The monoisotopic (exact) mass is 401 g/mol. The highest BCUT2D eigenvalue weighted by Crippen LogP contribution is 2.40. The predicted molar refractivity (Wildman–Crippen MR) is 96.6 cm³/mol. The minimum Gasteiger partial charge on any atom is -0.338 e. The SMILES string of the molecule is C=CC(=O)N1CCCC(C(=O)N(C)c2nc3c(s2)CC(C(F)(F)F)CC3)C1. The van der Waals surface area contributed by atoms with Crippen LogP contribution < -0.4 is 4.90 Å². The summed E-state index contributed by atoms with van der Waals surface area (Å²) in [4.78, 5) is 32.7. The minimum absolute atomic E-state index is 0.0403. The number of nitrogens with zero attached hydrogens (tertiary/aromatic N) is 3. The van der Waals surface area contributed by atoms with Crippen LogP contribution in [0.3, 0.4) is 0 Å². The van der Waals surface area contributed by atoms with E-state index in [2.05, 4.69) is 11.6 Å². The molecule has 0 spiro atoms. The van der Waals surface area contributed by atoms with E-state index in [-0.39, 0.29) is 37.0 Å². The topological polar surface area (TPSA) is 53.5 Å². The van der Waals surface area contributed by atoms with Crippen molar-refractivity contribution in [2.24, 2.45) is 11.8 Å². The van der Waals surface area contributed by atoms with E-state index in [4.69, 9.17) is 0 Å². The van der Waals surface area contributed by atoms with Gasteiger partial charge in [-0.05, 0) is 38.2 Å². The number of thiazole rings is 1. The Morgan fingerprint density at radius 3 is 2.78 bits per heavy atom. The molecule has 0 bridgehead atoms. The highest BCUT2D eigenvalue weighted by Gasteiger charge is 2.42. The Balaban J connectivity index is 1.70. The first-order chi connectivity index (χ1) is 12.7. The number of amides is 2. The van der Waals surface area contributed by atoms with Crippen LogP contribution in [0.5, 0.6) is 0 Å². The van der Waals surface area contributed by atoms with Crippen LogP contribution in [-0.4, -0.2) is 48.0 Å². The van der Waals surface area contributed by atoms with Crippen molar-refractivity contribution in [3.8, 4) is 0 Å². The van der Waals surface area contributed by atoms with Gasteiger partial charge in [0.1, 0.15) is 0 Å². The molecule has 5 nitrogen and oxygen atoms in total. The maximum Gasteiger partial charge on any atom is 0.392 e. The van der Waals surface area contributed by atoms with E-state index < -0.39 is 12.1 Å². The Labute approximate surface area is 159 Å². The maximum absolute atomic E-state index is 13.0. The first-order valence-corrected chi connectivity index (χ1v) is 9.76. The number of halogens is 3. The number of alkyl halides is 3. The lowest BCUT2D eigenvalue weighted by Crippen LogP contribution is -2.45. The number of carbonyl (C=O) groups excluding carboxylic acids is 2. The predicted octanol–water partition coefficient (Wildman–Crippen LogP) is 3.20. The number of hydrogen-bond acceptors (Lipinski definition) is 4. The Hall–Kier alpha value is -1.90. The number of hydrogen-bond donors (Lipinski definition) is 0. The molecule has 148 valence electrons. The summed E-state index contributed by atoms with van der Waals surface area (Å²) in [7, 11) is 1.60. The zero-order valence-electron chi connectivity index (χ0n) is 15.1. The van der Waals surface area contributed by atoms with Gasteiger partial charge < -0.3 is 4.90 Å². The van der Waals surface area contributed by atoms with Crippen LogP contribution in [0.25, 0.3) is 0 Å². The molecule has 2 heterocycles. The molecule has 1 aromatic heterocycles. The van der Waals surface area contributed by atoms with Crippen molar-refractivity contribution in [2.75, 3.05) is 25.0 Å². The van der Waals surface area contributed by atoms with Gasteiger partial charge in [0.2, 0.25) is 11.8 Å². The zero-order chi connectivity index (χ0) is 19.8. The molecule has 27 heavy (non-hydrogen) atoms. The van der Waals surface area contributed by atoms with Crippen molar-refractivity contribution < 1.29 is 22.8 Å². The van der Waals surface area contributed by atoms with Crippen molar-refractivity contribution in [1.82, 2.24) is 9.88 Å². The van der Waals surface area contributed by atoms with Gasteiger partial charge in [-0.2, -0.15) is 13.2 Å². The molecule has 1 aliphatic heterocycles. The smallest absolute Gasteiger partial charge is 0.338 e. The fourth-order valence-electron chi connectivity index (χ4n) is 3.66. The first kappa shape index (κ1) is 19.9. The van der Waals surface area contributed by atoms with E-state index in [0.29, 0.717) is 35.2 Å². The second-order valence-corrected chi connectivity index (χ2v) is 8.13. The lowest BCUT2D eigenvalue weighted by atomic mass is 9.91. The van der Waals surface area contributed by atoms with Crippen LogP contribution in [0.4, 0.5) is 18.3 Å². The van der Waals surface area contributed by atoms with E-state index in [1.165, 1.54) is 11.0 Å². The Morgan fingerprint density at radius 2 is 2.11 bits per heavy atom. The molecule has 0 aromatic carbocycles. The summed E-state index contributed by atoms with van der Waals surface area (Å²) < 4.78 is 39.0. The van der Waals surface area contributed by atoms with Gasteiger partial charge in [0, 0.05) is 25.0 Å². The summed E-state index contributed by atoms with van der Waals surface area (Å²) in [5.74, 6) is -2.03. The number of aryl methyl sites for hydroxylation is 1. The molecule has 1 fully saturated rings. The number of likely N-dealkylation sites (tertiary alicyclic amines) is 1. The summed E-state index contributed by atoms with van der Waals surface area (Å²) >= 11 is 1.16. The third kappa shape index (κ3) is 4.17. The quantitative estimate of drug-likeness (QED) is 0.731. The van der Waals surface area contributed by atoms with Gasteiger partial charge in [-0.25, -0.2) is 4.98 Å². The normalized spacial score (nSPS) is 22.9. The fraction of sp³-hybridized carbons (Fsp3) is 0.611. The van der Waals surface area contributed by atoms with Crippen molar-refractivity contribution >= 4 is 28.3 Å². The van der Waals surface area contributed by atoms with Gasteiger partial charge >= 0.3 is 6.18 Å². The molecule has 1 aliphatic carbocycles. The largest absolute Gasteiger partial charge is 0.392 e. The average molecular weight is 401 g/mol. The minimum atomic E-state index is -4.20. The summed E-state index contributed by atoms with van der Waals surface area (Å²) in [5.41, 5.74) is 0.669. The molecule has 0 radical (unpaired) electrons. The number of rotatable bonds is 3. The molecule has 3 rings (SSSR count). The van der Waals surface area contributed by atoms with Crippen molar-refractivity contribution in [3.63, 3.8) is 0 Å². The van der Waals surface area contributed by atoms with Crippen LogP contribution in [-0.2, 0) is 22.4 Å². The Kier molecular flexibility index (Phi) is 5.60. The highest BCUT2D eigenvalue weighted by atomic mass is 32.1. The van der Waals surface area contributed by atoms with Crippen molar-refractivity contribution in [1.29, 1.82) is 0 Å². The average Bonchev–Trinajstić information content (AvgIpc) is 3.08. The van der Waals surface area contributed by atoms with Crippen LogP contribution in [0, 0.1) is 11.8 Å². The molecule has 2 atom stereocenters. The van der Waals surface area contributed by atoms with Crippen LogP contribution in [0.2, 0.25) is 0 Å². The molecule has 0 N–H and O–H groups in total. The first-order valence-electron chi connectivity index (χ1n) is 8.95. The molecular weight excluding hydrogens is 379 g/mol. The summed E-state index contributed by atoms with van der Waals surface area (Å²) in [5, 5.41) is 0.431. The van der Waals surface area contributed by atoms with E-state index in [1.54, 1.807) is 11.9 Å². The second-order valence-electron chi connectivity index (χ2n) is 7.07. The highest BCUT2D eigenvalue weighted by molar-refractivity contribution is 7.15. The van der Waals surface area contributed by atoms with Gasteiger partial charge in [0.25, 0.3) is 0 Å². The molecule has 2 amide bonds. The van der Waals surface area contributed by atoms with E-state index in [1.807, 2.05) is 0 Å². The molecule has 9 heteroatoms. The maximum atomic E-state index is 13.0.